The minimum atomic E-state index is -2.77. The summed E-state index contributed by atoms with van der Waals surface area (Å²) in [4.78, 5) is 22.2. The van der Waals surface area contributed by atoms with Crippen molar-refractivity contribution < 1.29 is 23.5 Å². The molecule has 8 heteroatoms. The molecule has 106 valence electrons. The van der Waals surface area contributed by atoms with Gasteiger partial charge in [0.25, 0.3) is 0 Å². The van der Waals surface area contributed by atoms with Crippen LogP contribution in [0.5, 0.6) is 0 Å². The van der Waals surface area contributed by atoms with E-state index in [1.54, 1.807) is 0 Å². The Morgan fingerprint density at radius 3 is 2.42 bits per heavy atom. The lowest BCUT2D eigenvalue weighted by Gasteiger charge is -2.09. The monoisotopic (exact) mass is 275 g/mol. The second-order valence-corrected chi connectivity index (χ2v) is 4.18. The summed E-state index contributed by atoms with van der Waals surface area (Å²) < 4.78 is 25.7. The number of carboxylic acids is 1. The molecule has 0 saturated carbocycles. The number of aliphatic carboxylic acids is 1. The van der Waals surface area contributed by atoms with Gasteiger partial charge in [-0.25, -0.2) is 4.68 Å². The highest BCUT2D eigenvalue weighted by atomic mass is 19.3. The molecule has 0 aliphatic rings. The number of nitrogens with zero attached hydrogens (tertiary/aromatic N) is 2. The Hall–Kier alpha value is -1.99. The molecular formula is C11H15F2N3O3. The van der Waals surface area contributed by atoms with Crippen molar-refractivity contribution in [3.05, 3.63) is 17.0 Å². The third kappa shape index (κ3) is 3.49. The number of alkyl halides is 2. The average Bonchev–Trinajstić information content (AvgIpc) is 2.56. The zero-order valence-corrected chi connectivity index (χ0v) is 10.8. The standard InChI is InChI=1S/C11H15F2N3O3/c1-5-8(7(3)16(15-5)11(12)13)4-9(17)14-6(2)10(18)19/h6,11H,4H2,1-3H3,(H,14,17)(H,18,19)/t6-/m0/s1. The highest BCUT2D eigenvalue weighted by Crippen LogP contribution is 2.19. The molecule has 1 aromatic rings. The Morgan fingerprint density at radius 2 is 2.00 bits per heavy atom. The first-order valence-corrected chi connectivity index (χ1v) is 5.59. The van der Waals surface area contributed by atoms with Crippen LogP contribution in [-0.4, -0.2) is 32.8 Å². The van der Waals surface area contributed by atoms with Crippen molar-refractivity contribution in [3.8, 4) is 0 Å². The van der Waals surface area contributed by atoms with Gasteiger partial charge in [0.15, 0.2) is 0 Å². The van der Waals surface area contributed by atoms with Gasteiger partial charge >= 0.3 is 12.5 Å². The summed E-state index contributed by atoms with van der Waals surface area (Å²) in [6.07, 6.45) is -0.179. The van der Waals surface area contributed by atoms with Crippen molar-refractivity contribution in [2.24, 2.45) is 0 Å². The average molecular weight is 275 g/mol. The normalized spacial score (nSPS) is 12.5. The van der Waals surface area contributed by atoms with Crippen LogP contribution in [0.1, 0.15) is 30.4 Å². The van der Waals surface area contributed by atoms with Crippen molar-refractivity contribution in [2.45, 2.75) is 39.8 Å². The van der Waals surface area contributed by atoms with Gasteiger partial charge in [0.1, 0.15) is 6.04 Å². The van der Waals surface area contributed by atoms with E-state index in [4.69, 9.17) is 5.11 Å². The molecule has 1 aromatic heterocycles. The van der Waals surface area contributed by atoms with Crippen molar-refractivity contribution in [1.82, 2.24) is 15.1 Å². The fourth-order valence-corrected chi connectivity index (χ4v) is 1.66. The van der Waals surface area contributed by atoms with E-state index in [0.29, 0.717) is 15.9 Å². The maximum absolute atomic E-state index is 12.6. The number of carbonyl (C=O) groups is 2. The quantitative estimate of drug-likeness (QED) is 0.840. The van der Waals surface area contributed by atoms with E-state index in [-0.39, 0.29) is 12.1 Å². The summed E-state index contributed by atoms with van der Waals surface area (Å²) in [5.74, 6) is -1.71. The molecule has 1 heterocycles. The fraction of sp³-hybridized carbons (Fsp3) is 0.545. The number of aromatic nitrogens is 2. The summed E-state index contributed by atoms with van der Waals surface area (Å²) >= 11 is 0. The highest BCUT2D eigenvalue weighted by Gasteiger charge is 2.20. The number of carboxylic acid groups (broad SMARTS) is 1. The first-order valence-electron chi connectivity index (χ1n) is 5.59. The van der Waals surface area contributed by atoms with Crippen LogP contribution < -0.4 is 5.32 Å². The number of nitrogens with one attached hydrogen (secondary N) is 1. The van der Waals surface area contributed by atoms with Crippen LogP contribution in [0.3, 0.4) is 0 Å². The van der Waals surface area contributed by atoms with E-state index in [0.717, 1.165) is 0 Å². The molecule has 19 heavy (non-hydrogen) atoms. The molecule has 0 bridgehead atoms. The number of hydrogen-bond acceptors (Lipinski definition) is 3. The molecule has 1 atom stereocenters. The number of aryl methyl sites for hydroxylation is 1. The molecule has 0 aliphatic carbocycles. The van der Waals surface area contributed by atoms with Gasteiger partial charge < -0.3 is 10.4 Å². The fourth-order valence-electron chi connectivity index (χ4n) is 1.66. The summed E-state index contributed by atoms with van der Waals surface area (Å²) in [6.45, 7) is 1.51. The van der Waals surface area contributed by atoms with E-state index >= 15 is 0 Å². The predicted molar refractivity (Wildman–Crippen MR) is 61.9 cm³/mol. The smallest absolute Gasteiger partial charge is 0.333 e. The van der Waals surface area contributed by atoms with Gasteiger partial charge in [-0.3, -0.25) is 9.59 Å². The van der Waals surface area contributed by atoms with Gasteiger partial charge in [-0.15, -0.1) is 0 Å². The van der Waals surface area contributed by atoms with Gasteiger partial charge in [0.2, 0.25) is 5.91 Å². The van der Waals surface area contributed by atoms with Crippen LogP contribution in [-0.2, 0) is 16.0 Å². The lowest BCUT2D eigenvalue weighted by atomic mass is 10.1. The molecule has 2 N–H and O–H groups in total. The SMILES string of the molecule is Cc1nn(C(F)F)c(C)c1CC(=O)N[C@@H](C)C(=O)O. The molecule has 0 aliphatic heterocycles. The number of hydrogen-bond donors (Lipinski definition) is 2. The second kappa shape index (κ2) is 5.77. The lowest BCUT2D eigenvalue weighted by Crippen LogP contribution is -2.39. The zero-order chi connectivity index (χ0) is 14.7. The van der Waals surface area contributed by atoms with Gasteiger partial charge in [-0.05, 0) is 20.8 Å². The Labute approximate surface area is 108 Å². The molecule has 1 rings (SSSR count). The van der Waals surface area contributed by atoms with Crippen molar-refractivity contribution in [2.75, 3.05) is 0 Å². The zero-order valence-electron chi connectivity index (χ0n) is 10.8. The molecule has 0 spiro atoms. The van der Waals surface area contributed by atoms with Gasteiger partial charge in [0, 0.05) is 11.3 Å². The van der Waals surface area contributed by atoms with E-state index in [1.165, 1.54) is 20.8 Å². The second-order valence-electron chi connectivity index (χ2n) is 4.18. The topological polar surface area (TPSA) is 84.2 Å². The Kier molecular flexibility index (Phi) is 4.57. The van der Waals surface area contributed by atoms with E-state index < -0.39 is 24.5 Å². The van der Waals surface area contributed by atoms with E-state index in [9.17, 15) is 18.4 Å². The van der Waals surface area contributed by atoms with Crippen LogP contribution in [0.4, 0.5) is 8.78 Å². The minimum Gasteiger partial charge on any atom is -0.480 e. The molecular weight excluding hydrogens is 260 g/mol. The third-order valence-corrected chi connectivity index (χ3v) is 2.74. The van der Waals surface area contributed by atoms with Crippen LogP contribution in [0.25, 0.3) is 0 Å². The van der Waals surface area contributed by atoms with Gasteiger partial charge in [-0.2, -0.15) is 13.9 Å². The summed E-state index contributed by atoms with van der Waals surface area (Å²) in [5.41, 5.74) is 0.914. The minimum absolute atomic E-state index is 0.179. The molecule has 0 saturated heterocycles. The molecule has 0 fully saturated rings. The summed E-state index contributed by atoms with van der Waals surface area (Å²) in [7, 11) is 0. The maximum atomic E-state index is 12.6. The lowest BCUT2D eigenvalue weighted by molar-refractivity contribution is -0.141. The van der Waals surface area contributed by atoms with Crippen molar-refractivity contribution in [1.29, 1.82) is 0 Å². The Morgan fingerprint density at radius 1 is 1.42 bits per heavy atom. The molecule has 0 aromatic carbocycles. The number of rotatable bonds is 5. The molecule has 0 radical (unpaired) electrons. The molecule has 1 amide bonds. The Balaban J connectivity index is 2.83. The third-order valence-electron chi connectivity index (χ3n) is 2.74. The van der Waals surface area contributed by atoms with E-state index in [1.807, 2.05) is 0 Å². The summed E-state index contributed by atoms with van der Waals surface area (Å²) in [5, 5.41) is 14.6. The largest absolute Gasteiger partial charge is 0.480 e. The molecule has 6 nitrogen and oxygen atoms in total. The first kappa shape index (κ1) is 15.1. The van der Waals surface area contributed by atoms with Crippen LogP contribution >= 0.6 is 0 Å². The van der Waals surface area contributed by atoms with Crippen LogP contribution in [0.15, 0.2) is 0 Å². The van der Waals surface area contributed by atoms with Crippen LogP contribution in [0, 0.1) is 13.8 Å². The van der Waals surface area contributed by atoms with E-state index in [2.05, 4.69) is 10.4 Å². The summed E-state index contributed by atoms with van der Waals surface area (Å²) in [6, 6.07) is -1.03. The number of amides is 1. The van der Waals surface area contributed by atoms with Crippen LogP contribution in [0.2, 0.25) is 0 Å². The Bertz CT molecular complexity index is 500. The van der Waals surface area contributed by atoms with Gasteiger partial charge in [0.05, 0.1) is 12.1 Å². The first-order chi connectivity index (χ1) is 8.73. The highest BCUT2D eigenvalue weighted by molar-refractivity contribution is 5.84. The maximum Gasteiger partial charge on any atom is 0.333 e. The molecule has 0 unspecified atom stereocenters. The number of carbonyl (C=O) groups excluding carboxylic acids is 1. The van der Waals surface area contributed by atoms with Gasteiger partial charge in [-0.1, -0.05) is 0 Å². The van der Waals surface area contributed by atoms with Crippen molar-refractivity contribution in [3.63, 3.8) is 0 Å². The van der Waals surface area contributed by atoms with Crippen molar-refractivity contribution >= 4 is 11.9 Å². The predicted octanol–water partition coefficient (Wildman–Crippen LogP) is 1.03. The number of halogens is 2.